The van der Waals surface area contributed by atoms with Gasteiger partial charge >= 0.3 is 0 Å². The molecule has 1 unspecified atom stereocenters. The van der Waals surface area contributed by atoms with Gasteiger partial charge in [0.1, 0.15) is 15.6 Å². The van der Waals surface area contributed by atoms with Gasteiger partial charge < -0.3 is 9.64 Å². The molecule has 3 aromatic rings. The molecule has 0 saturated carbocycles. The molecule has 0 radical (unpaired) electrons. The lowest BCUT2D eigenvalue weighted by atomic mass is 9.93. The maximum absolute atomic E-state index is 13.1. The summed E-state index contributed by atoms with van der Waals surface area (Å²) < 4.78 is 9.38. The van der Waals surface area contributed by atoms with E-state index in [4.69, 9.17) is 27.9 Å². The summed E-state index contributed by atoms with van der Waals surface area (Å²) in [5, 5.41) is 0.422. The normalized spacial score (nSPS) is 16.4. The number of hydrogen-bond acceptors (Lipinski definition) is 4. The first kappa shape index (κ1) is 19.2. The van der Waals surface area contributed by atoms with Crippen LogP contribution in [0.15, 0.2) is 48.5 Å². The minimum atomic E-state index is -0.114. The minimum absolute atomic E-state index is 0.0214. The highest BCUT2D eigenvalue weighted by Crippen LogP contribution is 2.40. The standard InChI is InChI=1S/C21H18Cl2N2O2S/c1-27-14-7-4-6-13(12-14)15-8-2-3-9-16(15)17-10-5-11-25(17)21(26)19-18(22)20(23)24-28-19/h2-4,6-9,12,17H,5,10-11H2,1H3. The Morgan fingerprint density at radius 2 is 2.04 bits per heavy atom. The van der Waals surface area contributed by atoms with Crippen LogP contribution in [0.5, 0.6) is 5.75 Å². The van der Waals surface area contributed by atoms with Crippen LogP contribution >= 0.6 is 34.7 Å². The van der Waals surface area contributed by atoms with Crippen molar-refractivity contribution >= 4 is 40.6 Å². The zero-order valence-corrected chi connectivity index (χ0v) is 17.5. The molecular formula is C21H18Cl2N2O2S. The van der Waals surface area contributed by atoms with Crippen LogP contribution in [0.3, 0.4) is 0 Å². The second-order valence-corrected chi connectivity index (χ2v) is 8.10. The van der Waals surface area contributed by atoms with Gasteiger partial charge in [-0.05, 0) is 53.2 Å². The van der Waals surface area contributed by atoms with Crippen LogP contribution in [0, 0.1) is 0 Å². The predicted octanol–water partition coefficient (Wildman–Crippen LogP) is 6.10. The van der Waals surface area contributed by atoms with Crippen LogP contribution in [0.25, 0.3) is 11.1 Å². The molecule has 2 heterocycles. The summed E-state index contributed by atoms with van der Waals surface area (Å²) in [4.78, 5) is 15.4. The van der Waals surface area contributed by atoms with Crippen LogP contribution in [0.4, 0.5) is 0 Å². The van der Waals surface area contributed by atoms with Crippen molar-refractivity contribution in [2.45, 2.75) is 18.9 Å². The van der Waals surface area contributed by atoms with Gasteiger partial charge in [-0.25, -0.2) is 0 Å². The fraction of sp³-hybridized carbons (Fsp3) is 0.238. The SMILES string of the molecule is COc1cccc(-c2ccccc2C2CCCN2C(=O)c2snc(Cl)c2Cl)c1. The minimum Gasteiger partial charge on any atom is -0.497 e. The third-order valence-electron chi connectivity index (χ3n) is 5.01. The molecule has 1 atom stereocenters. The largest absolute Gasteiger partial charge is 0.497 e. The molecule has 1 fully saturated rings. The van der Waals surface area contributed by atoms with Crippen LogP contribution in [-0.4, -0.2) is 28.8 Å². The van der Waals surface area contributed by atoms with E-state index >= 15 is 0 Å². The summed E-state index contributed by atoms with van der Waals surface area (Å²) in [5.41, 5.74) is 3.28. The number of aromatic nitrogens is 1. The molecule has 1 aliphatic heterocycles. The highest BCUT2D eigenvalue weighted by molar-refractivity contribution is 7.09. The molecule has 4 rings (SSSR count). The van der Waals surface area contributed by atoms with Crippen LogP contribution in [0.2, 0.25) is 10.2 Å². The van der Waals surface area contributed by atoms with E-state index in [0.717, 1.165) is 46.8 Å². The van der Waals surface area contributed by atoms with E-state index in [9.17, 15) is 4.79 Å². The average molecular weight is 433 g/mol. The second-order valence-electron chi connectivity index (χ2n) is 6.59. The Hall–Kier alpha value is -2.08. The molecule has 2 aromatic carbocycles. The quantitative estimate of drug-likeness (QED) is 0.499. The summed E-state index contributed by atoms with van der Waals surface area (Å²) in [7, 11) is 1.66. The first-order valence-electron chi connectivity index (χ1n) is 8.95. The number of nitrogens with zero attached hydrogens (tertiary/aromatic N) is 2. The summed E-state index contributed by atoms with van der Waals surface area (Å²) >= 11 is 13.2. The highest BCUT2D eigenvalue weighted by Gasteiger charge is 2.34. The zero-order chi connectivity index (χ0) is 19.7. The van der Waals surface area contributed by atoms with E-state index in [1.807, 2.05) is 35.2 Å². The molecule has 1 amide bonds. The zero-order valence-electron chi connectivity index (χ0n) is 15.2. The lowest BCUT2D eigenvalue weighted by Gasteiger charge is -2.26. The molecule has 1 aromatic heterocycles. The van der Waals surface area contributed by atoms with Gasteiger partial charge in [-0.3, -0.25) is 4.79 Å². The highest BCUT2D eigenvalue weighted by atomic mass is 35.5. The third-order valence-corrected chi connectivity index (χ3v) is 6.79. The number of methoxy groups -OCH3 is 1. The number of carbonyl (C=O) groups excluding carboxylic acids is 1. The number of carbonyl (C=O) groups is 1. The molecule has 0 spiro atoms. The van der Waals surface area contributed by atoms with E-state index in [1.54, 1.807) is 7.11 Å². The molecule has 7 heteroatoms. The number of rotatable bonds is 4. The van der Waals surface area contributed by atoms with Crippen molar-refractivity contribution in [3.63, 3.8) is 0 Å². The summed E-state index contributed by atoms with van der Waals surface area (Å²) in [6.07, 6.45) is 1.84. The smallest absolute Gasteiger partial charge is 0.267 e. The molecular weight excluding hydrogens is 415 g/mol. The maximum Gasteiger partial charge on any atom is 0.267 e. The first-order chi connectivity index (χ1) is 13.6. The third kappa shape index (κ3) is 3.50. The molecule has 1 saturated heterocycles. The van der Waals surface area contributed by atoms with E-state index in [1.165, 1.54) is 0 Å². The van der Waals surface area contributed by atoms with Gasteiger partial charge in [0.05, 0.1) is 13.2 Å². The number of benzene rings is 2. The molecule has 28 heavy (non-hydrogen) atoms. The van der Waals surface area contributed by atoms with Crippen molar-refractivity contribution in [2.24, 2.45) is 0 Å². The van der Waals surface area contributed by atoms with Crippen LogP contribution in [0.1, 0.15) is 34.1 Å². The summed E-state index contributed by atoms with van der Waals surface area (Å²) in [6.45, 7) is 0.682. The Morgan fingerprint density at radius 3 is 2.79 bits per heavy atom. The second kappa shape index (κ2) is 8.11. The number of hydrogen-bond donors (Lipinski definition) is 0. The number of ether oxygens (including phenoxy) is 1. The Morgan fingerprint density at radius 1 is 1.21 bits per heavy atom. The number of halogens is 2. The topological polar surface area (TPSA) is 42.4 Å². The monoisotopic (exact) mass is 432 g/mol. The van der Waals surface area contributed by atoms with E-state index in [2.05, 4.69) is 22.6 Å². The maximum atomic E-state index is 13.1. The Balaban J connectivity index is 1.72. The molecule has 4 nitrogen and oxygen atoms in total. The van der Waals surface area contributed by atoms with Crippen molar-refractivity contribution in [2.75, 3.05) is 13.7 Å². The molecule has 144 valence electrons. The van der Waals surface area contributed by atoms with Gasteiger partial charge in [-0.2, -0.15) is 4.37 Å². The van der Waals surface area contributed by atoms with Crippen LogP contribution in [-0.2, 0) is 0 Å². The number of likely N-dealkylation sites (tertiary alicyclic amines) is 1. The summed E-state index contributed by atoms with van der Waals surface area (Å²) in [5.74, 6) is 0.690. The van der Waals surface area contributed by atoms with Gasteiger partial charge in [0.25, 0.3) is 5.91 Å². The molecule has 0 aliphatic carbocycles. The van der Waals surface area contributed by atoms with Crippen molar-refractivity contribution < 1.29 is 9.53 Å². The lowest BCUT2D eigenvalue weighted by molar-refractivity contribution is 0.0741. The van der Waals surface area contributed by atoms with E-state index < -0.39 is 0 Å². The average Bonchev–Trinajstić information content (AvgIpc) is 3.35. The summed E-state index contributed by atoms with van der Waals surface area (Å²) in [6, 6.07) is 16.1. The molecule has 0 N–H and O–H groups in total. The first-order valence-corrected chi connectivity index (χ1v) is 10.5. The van der Waals surface area contributed by atoms with Crippen LogP contribution < -0.4 is 4.74 Å². The van der Waals surface area contributed by atoms with Gasteiger partial charge in [0.2, 0.25) is 0 Å². The predicted molar refractivity (Wildman–Crippen MR) is 114 cm³/mol. The van der Waals surface area contributed by atoms with E-state index in [0.29, 0.717) is 11.4 Å². The molecule has 1 aliphatic rings. The van der Waals surface area contributed by atoms with Crippen molar-refractivity contribution in [1.29, 1.82) is 0 Å². The van der Waals surface area contributed by atoms with Gasteiger partial charge in [0.15, 0.2) is 5.15 Å². The van der Waals surface area contributed by atoms with Gasteiger partial charge in [-0.15, -0.1) is 0 Å². The Labute approximate surface area is 177 Å². The number of amides is 1. The van der Waals surface area contributed by atoms with Crippen molar-refractivity contribution in [3.05, 3.63) is 69.1 Å². The fourth-order valence-corrected chi connectivity index (χ4v) is 4.86. The van der Waals surface area contributed by atoms with Crippen molar-refractivity contribution in [3.8, 4) is 16.9 Å². The van der Waals surface area contributed by atoms with E-state index in [-0.39, 0.29) is 22.1 Å². The molecule has 0 bridgehead atoms. The Bertz CT molecular complexity index is 1020. The van der Waals surface area contributed by atoms with Gasteiger partial charge in [-0.1, -0.05) is 59.6 Å². The van der Waals surface area contributed by atoms with Crippen molar-refractivity contribution in [1.82, 2.24) is 9.27 Å². The fourth-order valence-electron chi connectivity index (χ4n) is 3.70. The Kier molecular flexibility index (Phi) is 5.58. The lowest BCUT2D eigenvalue weighted by Crippen LogP contribution is -2.30. The van der Waals surface area contributed by atoms with Gasteiger partial charge in [0, 0.05) is 6.54 Å².